The Morgan fingerprint density at radius 1 is 1.08 bits per heavy atom. The average molecular weight is 354 g/mol. The molecule has 136 valence electrons. The van der Waals surface area contributed by atoms with Crippen LogP contribution in [0.2, 0.25) is 0 Å². The Balaban J connectivity index is 1.60. The lowest BCUT2D eigenvalue weighted by atomic mass is 10.1. The molecule has 0 radical (unpaired) electrons. The maximum atomic E-state index is 12.2. The molecule has 2 aromatic carbocycles. The Labute approximate surface area is 152 Å². The summed E-state index contributed by atoms with van der Waals surface area (Å²) in [6.45, 7) is 0.336. The van der Waals surface area contributed by atoms with Crippen molar-refractivity contribution in [2.45, 2.75) is 44.8 Å². The topological polar surface area (TPSA) is 81.5 Å². The van der Waals surface area contributed by atoms with Gasteiger partial charge >= 0.3 is 0 Å². The zero-order valence-electron chi connectivity index (χ0n) is 14.5. The molecule has 0 spiro atoms. The molecule has 0 aliphatic heterocycles. The molecular weight excluding hydrogens is 332 g/mol. The van der Waals surface area contributed by atoms with Gasteiger partial charge in [-0.2, -0.15) is 0 Å². The van der Waals surface area contributed by atoms with Gasteiger partial charge in [-0.25, -0.2) is 0 Å². The van der Waals surface area contributed by atoms with Gasteiger partial charge in [-0.05, 0) is 31.7 Å². The molecule has 0 saturated heterocycles. The minimum Gasteiger partial charge on any atom is -0.490 e. The van der Waals surface area contributed by atoms with Gasteiger partial charge in [-0.15, -0.1) is 0 Å². The molecule has 3 rings (SSSR count). The first-order chi connectivity index (χ1) is 12.6. The Bertz CT molecular complexity index is 785. The summed E-state index contributed by atoms with van der Waals surface area (Å²) in [6, 6.07) is 14.0. The van der Waals surface area contributed by atoms with Crippen molar-refractivity contribution in [3.63, 3.8) is 0 Å². The molecule has 26 heavy (non-hydrogen) atoms. The van der Waals surface area contributed by atoms with E-state index in [2.05, 4.69) is 5.32 Å². The summed E-state index contributed by atoms with van der Waals surface area (Å²) in [5, 5.41) is 13.9. The van der Waals surface area contributed by atoms with Gasteiger partial charge in [-0.3, -0.25) is 14.9 Å². The van der Waals surface area contributed by atoms with E-state index in [9.17, 15) is 14.9 Å². The van der Waals surface area contributed by atoms with Crippen LogP contribution in [0, 0.1) is 10.1 Å². The van der Waals surface area contributed by atoms with Gasteiger partial charge in [0, 0.05) is 23.7 Å². The van der Waals surface area contributed by atoms with Gasteiger partial charge in [0.1, 0.15) is 5.75 Å². The van der Waals surface area contributed by atoms with Crippen LogP contribution in [0.3, 0.4) is 0 Å². The van der Waals surface area contributed by atoms with Crippen molar-refractivity contribution in [1.82, 2.24) is 5.32 Å². The fourth-order valence-electron chi connectivity index (χ4n) is 3.22. The predicted molar refractivity (Wildman–Crippen MR) is 98.0 cm³/mol. The number of nitrogens with one attached hydrogen (secondary N) is 1. The number of nitro benzene ring substituents is 1. The van der Waals surface area contributed by atoms with Gasteiger partial charge in [-0.1, -0.05) is 36.4 Å². The number of nitrogens with zero attached hydrogens (tertiary/aromatic N) is 1. The van der Waals surface area contributed by atoms with E-state index in [0.29, 0.717) is 12.1 Å². The Hall–Kier alpha value is -2.89. The molecule has 6 heteroatoms. The summed E-state index contributed by atoms with van der Waals surface area (Å²) in [7, 11) is 0. The number of carbonyl (C=O) groups is 1. The lowest BCUT2D eigenvalue weighted by Gasteiger charge is -2.16. The molecule has 1 aliphatic rings. The van der Waals surface area contributed by atoms with E-state index >= 15 is 0 Å². The van der Waals surface area contributed by atoms with Crippen LogP contribution in [-0.2, 0) is 17.8 Å². The van der Waals surface area contributed by atoms with Crippen molar-refractivity contribution >= 4 is 11.6 Å². The van der Waals surface area contributed by atoms with Crippen molar-refractivity contribution in [3.05, 3.63) is 69.8 Å². The number of hydrogen-bond acceptors (Lipinski definition) is 4. The number of benzene rings is 2. The quantitative estimate of drug-likeness (QED) is 0.606. The van der Waals surface area contributed by atoms with Crippen molar-refractivity contribution in [1.29, 1.82) is 0 Å². The van der Waals surface area contributed by atoms with Crippen LogP contribution >= 0.6 is 0 Å². The van der Waals surface area contributed by atoms with E-state index in [1.165, 1.54) is 18.9 Å². The highest BCUT2D eigenvalue weighted by molar-refractivity contribution is 5.79. The lowest BCUT2D eigenvalue weighted by molar-refractivity contribution is -0.385. The Morgan fingerprint density at radius 3 is 2.46 bits per heavy atom. The largest absolute Gasteiger partial charge is 0.490 e. The summed E-state index contributed by atoms with van der Waals surface area (Å²) in [6.07, 6.45) is 4.75. The zero-order valence-corrected chi connectivity index (χ0v) is 14.5. The molecule has 1 saturated carbocycles. The van der Waals surface area contributed by atoms with Crippen molar-refractivity contribution < 1.29 is 14.5 Å². The smallest absolute Gasteiger partial charge is 0.273 e. The van der Waals surface area contributed by atoms with Crippen LogP contribution in [-0.4, -0.2) is 16.9 Å². The van der Waals surface area contributed by atoms with E-state index in [-0.39, 0.29) is 24.1 Å². The van der Waals surface area contributed by atoms with E-state index in [0.717, 1.165) is 24.2 Å². The van der Waals surface area contributed by atoms with Crippen LogP contribution in [0.5, 0.6) is 5.75 Å². The highest BCUT2D eigenvalue weighted by atomic mass is 16.6. The van der Waals surface area contributed by atoms with Gasteiger partial charge in [0.05, 0.1) is 17.4 Å². The van der Waals surface area contributed by atoms with Crippen molar-refractivity contribution in [3.8, 4) is 5.75 Å². The number of nitro groups is 1. The number of carbonyl (C=O) groups excluding carboxylic acids is 1. The Kier molecular flexibility index (Phi) is 5.84. The second-order valence-electron chi connectivity index (χ2n) is 6.47. The van der Waals surface area contributed by atoms with Crippen molar-refractivity contribution in [2.75, 3.05) is 0 Å². The van der Waals surface area contributed by atoms with Gasteiger partial charge in [0.15, 0.2) is 0 Å². The molecule has 1 N–H and O–H groups in total. The molecule has 1 fully saturated rings. The first-order valence-corrected chi connectivity index (χ1v) is 8.87. The number of para-hydroxylation sites is 2. The van der Waals surface area contributed by atoms with Gasteiger partial charge in [0.25, 0.3) is 5.69 Å². The van der Waals surface area contributed by atoms with E-state index in [1.807, 2.05) is 24.3 Å². The third kappa shape index (κ3) is 4.59. The number of amides is 1. The summed E-state index contributed by atoms with van der Waals surface area (Å²) >= 11 is 0. The standard InChI is InChI=1S/C20H22N2O4/c23-20(13-15-7-1-5-11-18(15)22(24)25)21-14-16-8-2-6-12-19(16)26-17-9-3-4-10-17/h1-2,5-8,11-12,17H,3-4,9-10,13-14H2,(H,21,23). The molecule has 0 bridgehead atoms. The minimum absolute atomic E-state index is 0.0250. The van der Waals surface area contributed by atoms with Crippen LogP contribution in [0.4, 0.5) is 5.69 Å². The molecule has 0 heterocycles. The molecule has 6 nitrogen and oxygen atoms in total. The molecule has 0 aromatic heterocycles. The third-order valence-corrected chi connectivity index (χ3v) is 4.58. The summed E-state index contributed by atoms with van der Waals surface area (Å²) in [4.78, 5) is 22.8. The minimum atomic E-state index is -0.465. The monoisotopic (exact) mass is 354 g/mol. The highest BCUT2D eigenvalue weighted by Crippen LogP contribution is 2.26. The number of ether oxygens (including phenoxy) is 1. The Morgan fingerprint density at radius 2 is 1.73 bits per heavy atom. The summed E-state index contributed by atoms with van der Waals surface area (Å²) < 4.78 is 6.07. The third-order valence-electron chi connectivity index (χ3n) is 4.58. The summed E-state index contributed by atoms with van der Waals surface area (Å²) in [5.74, 6) is 0.542. The van der Waals surface area contributed by atoms with E-state index in [1.54, 1.807) is 18.2 Å². The van der Waals surface area contributed by atoms with Gasteiger partial charge in [0.2, 0.25) is 5.91 Å². The first kappa shape index (κ1) is 17.9. The molecule has 1 aliphatic carbocycles. The molecule has 0 atom stereocenters. The molecule has 0 unspecified atom stereocenters. The highest BCUT2D eigenvalue weighted by Gasteiger charge is 2.18. The maximum Gasteiger partial charge on any atom is 0.273 e. The van der Waals surface area contributed by atoms with Crippen molar-refractivity contribution in [2.24, 2.45) is 0 Å². The second-order valence-corrected chi connectivity index (χ2v) is 6.47. The fraction of sp³-hybridized carbons (Fsp3) is 0.350. The first-order valence-electron chi connectivity index (χ1n) is 8.87. The van der Waals surface area contributed by atoms with E-state index in [4.69, 9.17) is 4.74 Å². The van der Waals surface area contributed by atoms with Crippen LogP contribution < -0.4 is 10.1 Å². The van der Waals surface area contributed by atoms with E-state index < -0.39 is 4.92 Å². The normalized spacial score (nSPS) is 14.2. The maximum absolute atomic E-state index is 12.2. The second kappa shape index (κ2) is 8.47. The summed E-state index contributed by atoms with van der Waals surface area (Å²) in [5.41, 5.74) is 1.29. The molecule has 1 amide bonds. The average Bonchev–Trinajstić information content (AvgIpc) is 3.14. The predicted octanol–water partition coefficient (Wildman–Crippen LogP) is 3.78. The SMILES string of the molecule is O=C(Cc1ccccc1[N+](=O)[O-])NCc1ccccc1OC1CCCC1. The van der Waals surface area contributed by atoms with Crippen LogP contribution in [0.25, 0.3) is 0 Å². The van der Waals surface area contributed by atoms with Crippen LogP contribution in [0.15, 0.2) is 48.5 Å². The fourth-order valence-corrected chi connectivity index (χ4v) is 3.22. The van der Waals surface area contributed by atoms with Crippen LogP contribution in [0.1, 0.15) is 36.8 Å². The molecular formula is C20H22N2O4. The zero-order chi connectivity index (χ0) is 18.4. The number of rotatable bonds is 7. The lowest BCUT2D eigenvalue weighted by Crippen LogP contribution is -2.25. The van der Waals surface area contributed by atoms with Gasteiger partial charge < -0.3 is 10.1 Å². The molecule has 2 aromatic rings. The number of hydrogen-bond donors (Lipinski definition) is 1.